The van der Waals surface area contributed by atoms with Gasteiger partial charge in [-0.3, -0.25) is 0 Å². The van der Waals surface area contributed by atoms with Crippen molar-refractivity contribution < 1.29 is 0 Å². The fourth-order valence-corrected chi connectivity index (χ4v) is 3.01. The highest BCUT2D eigenvalue weighted by molar-refractivity contribution is 5.40. The molecule has 0 saturated carbocycles. The molecule has 2 aromatic carbocycles. The van der Waals surface area contributed by atoms with Crippen molar-refractivity contribution in [2.24, 2.45) is 0 Å². The lowest BCUT2D eigenvalue weighted by Gasteiger charge is -2.27. The normalized spacial score (nSPS) is 14.0. The molecular weight excluding hydrogens is 242 g/mol. The van der Waals surface area contributed by atoms with Crippen LogP contribution in [-0.4, -0.2) is 12.6 Å². The monoisotopic (exact) mass is 267 g/mol. The van der Waals surface area contributed by atoms with E-state index in [1.54, 1.807) is 0 Å². The van der Waals surface area contributed by atoms with Gasteiger partial charge in [0.1, 0.15) is 0 Å². The summed E-state index contributed by atoms with van der Waals surface area (Å²) in [4.78, 5) is 0. The average molecular weight is 267 g/mol. The Kier molecular flexibility index (Phi) is 4.97. The SMILES string of the molecule is CCNC(C)C(c1ccccc1)c1ccc(C)cc1C. The lowest BCUT2D eigenvalue weighted by Crippen LogP contribution is -2.33. The molecule has 0 aromatic heterocycles. The second-order valence-corrected chi connectivity index (χ2v) is 5.59. The zero-order valence-electron chi connectivity index (χ0n) is 13.0. The maximum atomic E-state index is 3.58. The average Bonchev–Trinajstić information content (AvgIpc) is 2.43. The van der Waals surface area contributed by atoms with Crippen LogP contribution in [0.5, 0.6) is 0 Å². The molecule has 0 aliphatic heterocycles. The van der Waals surface area contributed by atoms with Crippen molar-refractivity contribution in [2.45, 2.75) is 39.7 Å². The van der Waals surface area contributed by atoms with E-state index in [4.69, 9.17) is 0 Å². The Bertz CT molecular complexity index is 545. The van der Waals surface area contributed by atoms with Crippen LogP contribution in [0.1, 0.15) is 42.0 Å². The predicted molar refractivity (Wildman–Crippen MR) is 87.3 cm³/mol. The van der Waals surface area contributed by atoms with E-state index in [1.165, 1.54) is 22.3 Å². The summed E-state index contributed by atoms with van der Waals surface area (Å²) in [6.45, 7) is 9.81. The van der Waals surface area contributed by atoms with E-state index in [0.29, 0.717) is 12.0 Å². The van der Waals surface area contributed by atoms with Gasteiger partial charge in [0.15, 0.2) is 0 Å². The largest absolute Gasteiger partial charge is 0.314 e. The van der Waals surface area contributed by atoms with E-state index < -0.39 is 0 Å². The first-order valence-corrected chi connectivity index (χ1v) is 7.49. The summed E-state index contributed by atoms with van der Waals surface area (Å²) in [5, 5.41) is 3.58. The molecule has 106 valence electrons. The molecule has 0 spiro atoms. The topological polar surface area (TPSA) is 12.0 Å². The molecule has 2 atom stereocenters. The minimum absolute atomic E-state index is 0.400. The van der Waals surface area contributed by atoms with Crippen molar-refractivity contribution in [3.8, 4) is 0 Å². The number of rotatable bonds is 5. The zero-order chi connectivity index (χ0) is 14.5. The maximum absolute atomic E-state index is 3.58. The summed E-state index contributed by atoms with van der Waals surface area (Å²) in [7, 11) is 0. The summed E-state index contributed by atoms with van der Waals surface area (Å²) in [6.07, 6.45) is 0. The van der Waals surface area contributed by atoms with Crippen LogP contribution in [0.3, 0.4) is 0 Å². The standard InChI is InChI=1S/C19H25N/c1-5-20-16(4)19(17-9-7-6-8-10-17)18-12-11-14(2)13-15(18)3/h6-13,16,19-20H,5H2,1-4H3. The molecule has 0 aliphatic carbocycles. The summed E-state index contributed by atoms with van der Waals surface area (Å²) in [5.74, 6) is 0.400. The van der Waals surface area contributed by atoms with Gasteiger partial charge in [-0.25, -0.2) is 0 Å². The van der Waals surface area contributed by atoms with Gasteiger partial charge in [-0.2, -0.15) is 0 Å². The molecule has 0 radical (unpaired) electrons. The third-order valence-electron chi connectivity index (χ3n) is 3.95. The van der Waals surface area contributed by atoms with Crippen molar-refractivity contribution in [2.75, 3.05) is 6.54 Å². The quantitative estimate of drug-likeness (QED) is 0.845. The molecule has 1 heteroatoms. The molecule has 0 heterocycles. The van der Waals surface area contributed by atoms with Crippen LogP contribution in [-0.2, 0) is 0 Å². The van der Waals surface area contributed by atoms with E-state index in [1.807, 2.05) is 0 Å². The third kappa shape index (κ3) is 3.29. The molecule has 20 heavy (non-hydrogen) atoms. The molecule has 1 N–H and O–H groups in total. The second-order valence-electron chi connectivity index (χ2n) is 5.59. The molecule has 0 aliphatic rings. The van der Waals surface area contributed by atoms with Gasteiger partial charge in [0.25, 0.3) is 0 Å². The van der Waals surface area contributed by atoms with Crippen LogP contribution in [0, 0.1) is 13.8 Å². The molecule has 0 amide bonds. The lowest BCUT2D eigenvalue weighted by molar-refractivity contribution is 0.513. The highest BCUT2D eigenvalue weighted by Gasteiger charge is 2.22. The van der Waals surface area contributed by atoms with Crippen molar-refractivity contribution in [1.29, 1.82) is 0 Å². The Morgan fingerprint density at radius 2 is 1.70 bits per heavy atom. The van der Waals surface area contributed by atoms with Crippen molar-refractivity contribution >= 4 is 0 Å². The van der Waals surface area contributed by atoms with Gasteiger partial charge in [0, 0.05) is 12.0 Å². The van der Waals surface area contributed by atoms with Crippen LogP contribution in [0.4, 0.5) is 0 Å². The maximum Gasteiger partial charge on any atom is 0.0243 e. The molecular formula is C19H25N. The molecule has 0 fully saturated rings. The first-order valence-electron chi connectivity index (χ1n) is 7.49. The summed E-state index contributed by atoms with van der Waals surface area (Å²) in [6, 6.07) is 18.0. The van der Waals surface area contributed by atoms with Crippen molar-refractivity contribution in [3.63, 3.8) is 0 Å². The zero-order valence-corrected chi connectivity index (χ0v) is 13.0. The number of benzene rings is 2. The van der Waals surface area contributed by atoms with Crippen LogP contribution in [0.2, 0.25) is 0 Å². The van der Waals surface area contributed by atoms with Gasteiger partial charge < -0.3 is 5.32 Å². The first kappa shape index (κ1) is 14.8. The highest BCUT2D eigenvalue weighted by Crippen LogP contribution is 2.30. The predicted octanol–water partition coefficient (Wildman–Crippen LogP) is 4.43. The minimum Gasteiger partial charge on any atom is -0.314 e. The Morgan fingerprint density at radius 3 is 2.30 bits per heavy atom. The molecule has 2 aromatic rings. The van der Waals surface area contributed by atoms with E-state index in [0.717, 1.165) is 6.54 Å². The number of hydrogen-bond donors (Lipinski definition) is 1. The van der Waals surface area contributed by atoms with Gasteiger partial charge in [-0.1, -0.05) is 61.0 Å². The van der Waals surface area contributed by atoms with Gasteiger partial charge in [0.2, 0.25) is 0 Å². The van der Waals surface area contributed by atoms with Crippen molar-refractivity contribution in [1.82, 2.24) is 5.32 Å². The fraction of sp³-hybridized carbons (Fsp3) is 0.368. The van der Waals surface area contributed by atoms with E-state index >= 15 is 0 Å². The minimum atomic E-state index is 0.400. The Hall–Kier alpha value is -1.60. The summed E-state index contributed by atoms with van der Waals surface area (Å²) >= 11 is 0. The van der Waals surface area contributed by atoms with Crippen LogP contribution in [0.15, 0.2) is 48.5 Å². The van der Waals surface area contributed by atoms with Gasteiger partial charge in [-0.05, 0) is 44.0 Å². The van der Waals surface area contributed by atoms with Gasteiger partial charge in [-0.15, -0.1) is 0 Å². The Morgan fingerprint density at radius 1 is 1.00 bits per heavy atom. The molecule has 0 saturated heterocycles. The summed E-state index contributed by atoms with van der Waals surface area (Å²) in [5.41, 5.74) is 5.51. The number of nitrogens with one attached hydrogen (secondary N) is 1. The van der Waals surface area contributed by atoms with Crippen LogP contribution < -0.4 is 5.32 Å². The van der Waals surface area contributed by atoms with E-state index in [-0.39, 0.29) is 0 Å². The fourth-order valence-electron chi connectivity index (χ4n) is 3.01. The molecule has 1 nitrogen and oxygen atoms in total. The number of likely N-dealkylation sites (N-methyl/N-ethyl adjacent to an activating group) is 1. The smallest absolute Gasteiger partial charge is 0.0243 e. The van der Waals surface area contributed by atoms with Crippen molar-refractivity contribution in [3.05, 3.63) is 70.8 Å². The summed E-state index contributed by atoms with van der Waals surface area (Å²) < 4.78 is 0. The number of aryl methyl sites for hydroxylation is 2. The van der Waals surface area contributed by atoms with E-state index in [2.05, 4.69) is 81.5 Å². The molecule has 2 rings (SSSR count). The van der Waals surface area contributed by atoms with Crippen LogP contribution >= 0.6 is 0 Å². The third-order valence-corrected chi connectivity index (χ3v) is 3.95. The molecule has 0 bridgehead atoms. The highest BCUT2D eigenvalue weighted by atomic mass is 14.9. The lowest BCUT2D eigenvalue weighted by atomic mass is 9.83. The van der Waals surface area contributed by atoms with Gasteiger partial charge >= 0.3 is 0 Å². The first-order chi connectivity index (χ1) is 9.63. The van der Waals surface area contributed by atoms with E-state index in [9.17, 15) is 0 Å². The molecule has 2 unspecified atom stereocenters. The second kappa shape index (κ2) is 6.71. The van der Waals surface area contributed by atoms with Gasteiger partial charge in [0.05, 0.1) is 0 Å². The Balaban J connectivity index is 2.46. The van der Waals surface area contributed by atoms with Crippen LogP contribution in [0.25, 0.3) is 0 Å². The number of hydrogen-bond acceptors (Lipinski definition) is 1. The Labute approximate surface area is 123 Å².